The van der Waals surface area contributed by atoms with Crippen LogP contribution >= 0.6 is 0 Å². The number of nitrogens with two attached hydrogens (primary N) is 1. The van der Waals surface area contributed by atoms with Crippen LogP contribution in [0.15, 0.2) is 0 Å². The predicted molar refractivity (Wildman–Crippen MR) is 88.9 cm³/mol. The number of hydrogen-bond acceptors (Lipinski definition) is 5. The molecule has 0 bridgehead atoms. The maximum atomic E-state index is 12.8. The average molecular weight is 339 g/mol. The molecule has 2 aliphatic rings. The molecule has 2 heterocycles. The second-order valence-electron chi connectivity index (χ2n) is 6.79. The minimum Gasteiger partial charge on any atom is -0.466 e. The van der Waals surface area contributed by atoms with Gasteiger partial charge in [0.15, 0.2) is 0 Å². The van der Waals surface area contributed by atoms with E-state index in [1.165, 1.54) is 0 Å². The van der Waals surface area contributed by atoms with Gasteiger partial charge in [0.1, 0.15) is 0 Å². The molecule has 2 rings (SSSR count). The van der Waals surface area contributed by atoms with Crippen LogP contribution in [0.3, 0.4) is 0 Å². The first-order valence-corrected chi connectivity index (χ1v) is 8.92. The molecule has 0 aromatic carbocycles. The van der Waals surface area contributed by atoms with Crippen molar-refractivity contribution < 1.29 is 19.1 Å². The molecule has 0 aromatic heterocycles. The topological polar surface area (TPSA) is 92.9 Å². The first-order valence-electron chi connectivity index (χ1n) is 8.92. The molecular weight excluding hydrogens is 310 g/mol. The van der Waals surface area contributed by atoms with Gasteiger partial charge in [0, 0.05) is 19.6 Å². The smallest absolute Gasteiger partial charge is 0.310 e. The standard InChI is InChI=1S/C17H29N3O4/c1-3-24-17(23)14-7-5-8-19(11-14)12(2)16(22)20-9-4-6-13(10-20)15(18)21/h12-14H,3-11H2,1-2H3,(H2,18,21). The van der Waals surface area contributed by atoms with Crippen LogP contribution in [-0.2, 0) is 19.1 Å². The number of nitrogens with zero attached hydrogens (tertiary/aromatic N) is 2. The molecule has 0 radical (unpaired) electrons. The Kier molecular flexibility index (Phi) is 6.60. The summed E-state index contributed by atoms with van der Waals surface area (Å²) in [5, 5.41) is 0. The molecule has 2 N–H and O–H groups in total. The van der Waals surface area contributed by atoms with E-state index in [9.17, 15) is 14.4 Å². The molecule has 0 aliphatic carbocycles. The van der Waals surface area contributed by atoms with Crippen LogP contribution in [0, 0.1) is 11.8 Å². The van der Waals surface area contributed by atoms with Crippen molar-refractivity contribution in [3.05, 3.63) is 0 Å². The Bertz CT molecular complexity index is 482. The highest BCUT2D eigenvalue weighted by atomic mass is 16.5. The lowest BCUT2D eigenvalue weighted by Crippen LogP contribution is -2.54. The molecule has 0 saturated carbocycles. The molecule has 3 unspecified atom stereocenters. The normalized spacial score (nSPS) is 26.7. The SMILES string of the molecule is CCOC(=O)C1CCCN(C(C)C(=O)N2CCCC(C(N)=O)C2)C1. The van der Waals surface area contributed by atoms with Crippen molar-refractivity contribution in [3.8, 4) is 0 Å². The van der Waals surface area contributed by atoms with E-state index in [0.29, 0.717) is 26.2 Å². The summed E-state index contributed by atoms with van der Waals surface area (Å²) < 4.78 is 5.11. The minimum atomic E-state index is -0.333. The van der Waals surface area contributed by atoms with Crippen LogP contribution in [0.25, 0.3) is 0 Å². The van der Waals surface area contributed by atoms with Crippen molar-refractivity contribution in [2.24, 2.45) is 17.6 Å². The number of piperidine rings is 2. The third-order valence-corrected chi connectivity index (χ3v) is 5.11. The molecule has 2 amide bonds. The minimum absolute atomic E-state index is 0.0189. The summed E-state index contributed by atoms with van der Waals surface area (Å²) in [5.41, 5.74) is 5.39. The number of carbonyl (C=O) groups is 3. The zero-order chi connectivity index (χ0) is 17.7. The number of hydrogen-bond donors (Lipinski definition) is 1. The molecule has 2 aliphatic heterocycles. The molecule has 2 fully saturated rings. The Hall–Kier alpha value is -1.63. The maximum Gasteiger partial charge on any atom is 0.310 e. The first-order chi connectivity index (χ1) is 11.4. The van der Waals surface area contributed by atoms with Gasteiger partial charge in [0.25, 0.3) is 0 Å². The number of primary amides is 1. The Morgan fingerprint density at radius 3 is 2.46 bits per heavy atom. The van der Waals surface area contributed by atoms with Crippen molar-refractivity contribution in [2.45, 2.75) is 45.6 Å². The Balaban J connectivity index is 1.94. The van der Waals surface area contributed by atoms with Crippen LogP contribution in [0.4, 0.5) is 0 Å². The number of amides is 2. The summed E-state index contributed by atoms with van der Waals surface area (Å²) in [6, 6.07) is -0.297. The van der Waals surface area contributed by atoms with Gasteiger partial charge in [-0.3, -0.25) is 19.3 Å². The Labute approximate surface area is 143 Å². The fraction of sp³-hybridized carbons (Fsp3) is 0.824. The second-order valence-corrected chi connectivity index (χ2v) is 6.79. The van der Waals surface area contributed by atoms with Crippen molar-refractivity contribution >= 4 is 17.8 Å². The van der Waals surface area contributed by atoms with E-state index < -0.39 is 0 Å². The second kappa shape index (κ2) is 8.46. The van der Waals surface area contributed by atoms with Crippen LogP contribution in [-0.4, -0.2) is 66.4 Å². The van der Waals surface area contributed by atoms with Crippen molar-refractivity contribution in [1.82, 2.24) is 9.80 Å². The zero-order valence-corrected chi connectivity index (χ0v) is 14.7. The van der Waals surface area contributed by atoms with Gasteiger partial charge < -0.3 is 15.4 Å². The number of rotatable bonds is 5. The lowest BCUT2D eigenvalue weighted by molar-refractivity contribution is -0.152. The van der Waals surface area contributed by atoms with Gasteiger partial charge in [0.2, 0.25) is 11.8 Å². The van der Waals surface area contributed by atoms with Gasteiger partial charge in [-0.2, -0.15) is 0 Å². The molecule has 3 atom stereocenters. The molecule has 24 heavy (non-hydrogen) atoms. The summed E-state index contributed by atoms with van der Waals surface area (Å²) in [5.74, 6) is -0.892. The highest BCUT2D eigenvalue weighted by Crippen LogP contribution is 2.22. The molecule has 0 aromatic rings. The van der Waals surface area contributed by atoms with Gasteiger partial charge in [-0.25, -0.2) is 0 Å². The average Bonchev–Trinajstić information content (AvgIpc) is 2.60. The fourth-order valence-corrected chi connectivity index (χ4v) is 3.64. The summed E-state index contributed by atoms with van der Waals surface area (Å²) >= 11 is 0. The number of likely N-dealkylation sites (tertiary alicyclic amines) is 2. The predicted octanol–water partition coefficient (Wildman–Crippen LogP) is 0.374. The van der Waals surface area contributed by atoms with E-state index >= 15 is 0 Å². The summed E-state index contributed by atoms with van der Waals surface area (Å²) in [4.78, 5) is 39.9. The molecule has 0 spiro atoms. The van der Waals surface area contributed by atoms with E-state index in [1.54, 1.807) is 11.8 Å². The zero-order valence-electron chi connectivity index (χ0n) is 14.7. The quantitative estimate of drug-likeness (QED) is 0.731. The summed E-state index contributed by atoms with van der Waals surface area (Å²) in [6.07, 6.45) is 3.24. The van der Waals surface area contributed by atoms with Crippen molar-refractivity contribution in [3.63, 3.8) is 0 Å². The van der Waals surface area contributed by atoms with Crippen LogP contribution in [0.1, 0.15) is 39.5 Å². The van der Waals surface area contributed by atoms with E-state index in [-0.39, 0.29) is 35.7 Å². The Morgan fingerprint density at radius 1 is 1.12 bits per heavy atom. The third kappa shape index (κ3) is 4.47. The molecule has 2 saturated heterocycles. The lowest BCUT2D eigenvalue weighted by atomic mass is 9.95. The van der Waals surface area contributed by atoms with Gasteiger partial charge in [-0.05, 0) is 46.1 Å². The van der Waals surface area contributed by atoms with E-state index in [1.807, 2.05) is 6.92 Å². The van der Waals surface area contributed by atoms with E-state index in [0.717, 1.165) is 32.2 Å². The van der Waals surface area contributed by atoms with Crippen LogP contribution in [0.5, 0.6) is 0 Å². The fourth-order valence-electron chi connectivity index (χ4n) is 3.64. The lowest BCUT2D eigenvalue weighted by Gasteiger charge is -2.39. The third-order valence-electron chi connectivity index (χ3n) is 5.11. The first kappa shape index (κ1) is 18.7. The number of esters is 1. The highest BCUT2D eigenvalue weighted by Gasteiger charge is 2.35. The highest BCUT2D eigenvalue weighted by molar-refractivity contribution is 5.83. The van der Waals surface area contributed by atoms with Crippen LogP contribution < -0.4 is 5.73 Å². The molecular formula is C17H29N3O4. The largest absolute Gasteiger partial charge is 0.466 e. The molecule has 7 heteroatoms. The van der Waals surface area contributed by atoms with Crippen LogP contribution in [0.2, 0.25) is 0 Å². The Morgan fingerprint density at radius 2 is 1.79 bits per heavy atom. The molecule has 7 nitrogen and oxygen atoms in total. The van der Waals surface area contributed by atoms with Gasteiger partial charge in [0.05, 0.1) is 24.5 Å². The van der Waals surface area contributed by atoms with Gasteiger partial charge in [-0.15, -0.1) is 0 Å². The van der Waals surface area contributed by atoms with E-state index in [4.69, 9.17) is 10.5 Å². The maximum absolute atomic E-state index is 12.8. The van der Waals surface area contributed by atoms with Gasteiger partial charge >= 0.3 is 5.97 Å². The van der Waals surface area contributed by atoms with Crippen molar-refractivity contribution in [1.29, 1.82) is 0 Å². The summed E-state index contributed by atoms with van der Waals surface area (Å²) in [7, 11) is 0. The summed E-state index contributed by atoms with van der Waals surface area (Å²) in [6.45, 7) is 6.50. The van der Waals surface area contributed by atoms with Crippen molar-refractivity contribution in [2.75, 3.05) is 32.8 Å². The van der Waals surface area contributed by atoms with E-state index in [2.05, 4.69) is 4.90 Å². The monoisotopic (exact) mass is 339 g/mol. The van der Waals surface area contributed by atoms with Gasteiger partial charge in [-0.1, -0.05) is 0 Å². The number of carbonyl (C=O) groups excluding carboxylic acids is 3. The molecule has 136 valence electrons. The number of ether oxygens (including phenoxy) is 1.